The summed E-state index contributed by atoms with van der Waals surface area (Å²) in [5.41, 5.74) is 0.914. The van der Waals surface area contributed by atoms with Crippen molar-refractivity contribution >= 4 is 29.1 Å². The quantitative estimate of drug-likeness (QED) is 0.761. The van der Waals surface area contributed by atoms with Gasteiger partial charge in [-0.1, -0.05) is 23.7 Å². The number of carbonyl (C=O) groups excluding carboxylic acids is 1. The number of ketones is 1. The number of carbonyl (C=O) groups is 1. The molecule has 4 heteroatoms. The zero-order valence-electron chi connectivity index (χ0n) is 10.1. The van der Waals surface area contributed by atoms with Gasteiger partial charge in [-0.15, -0.1) is 11.8 Å². The van der Waals surface area contributed by atoms with Crippen LogP contribution in [0, 0.1) is 5.82 Å². The Morgan fingerprint density at radius 2 is 1.89 bits per heavy atom. The first-order chi connectivity index (χ1) is 9.13. The van der Waals surface area contributed by atoms with Gasteiger partial charge in [0, 0.05) is 16.3 Å². The summed E-state index contributed by atoms with van der Waals surface area (Å²) in [6.07, 6.45) is 0.370. The van der Waals surface area contributed by atoms with Gasteiger partial charge in [0.2, 0.25) is 0 Å². The number of thioether (sulfide) groups is 1. The zero-order chi connectivity index (χ0) is 13.7. The monoisotopic (exact) mass is 294 g/mol. The average Bonchev–Trinajstić information content (AvgIpc) is 2.38. The molecule has 2 aromatic rings. The molecule has 98 valence electrons. The van der Waals surface area contributed by atoms with E-state index in [2.05, 4.69) is 0 Å². The van der Waals surface area contributed by atoms with Gasteiger partial charge in [-0.2, -0.15) is 0 Å². The Bertz CT molecular complexity index is 569. The van der Waals surface area contributed by atoms with Crippen LogP contribution in [-0.4, -0.2) is 11.5 Å². The summed E-state index contributed by atoms with van der Waals surface area (Å²) in [7, 11) is 0. The van der Waals surface area contributed by atoms with Crippen molar-refractivity contribution in [1.82, 2.24) is 0 Å². The van der Waals surface area contributed by atoms with Crippen LogP contribution in [-0.2, 0) is 11.2 Å². The van der Waals surface area contributed by atoms with Gasteiger partial charge >= 0.3 is 0 Å². The third-order valence-corrected chi connectivity index (χ3v) is 3.81. The van der Waals surface area contributed by atoms with Crippen molar-refractivity contribution in [2.75, 3.05) is 5.75 Å². The number of halogens is 2. The van der Waals surface area contributed by atoms with E-state index in [9.17, 15) is 9.18 Å². The molecule has 0 fully saturated rings. The van der Waals surface area contributed by atoms with Crippen LogP contribution in [0.4, 0.5) is 4.39 Å². The van der Waals surface area contributed by atoms with Crippen LogP contribution >= 0.6 is 23.4 Å². The van der Waals surface area contributed by atoms with Gasteiger partial charge in [0.15, 0.2) is 0 Å². The SMILES string of the molecule is O=C(CSc1ccc(F)cc1)Cc1cccc(Cl)c1. The summed E-state index contributed by atoms with van der Waals surface area (Å²) in [5.74, 6) is 0.226. The molecule has 0 aliphatic heterocycles. The minimum absolute atomic E-state index is 0.122. The van der Waals surface area contributed by atoms with Gasteiger partial charge in [0.05, 0.1) is 5.75 Å². The lowest BCUT2D eigenvalue weighted by Gasteiger charge is -2.02. The number of rotatable bonds is 5. The normalized spacial score (nSPS) is 10.4. The lowest BCUT2D eigenvalue weighted by Crippen LogP contribution is -2.05. The maximum Gasteiger partial charge on any atom is 0.147 e. The van der Waals surface area contributed by atoms with Gasteiger partial charge in [0.1, 0.15) is 11.6 Å². The van der Waals surface area contributed by atoms with E-state index in [0.717, 1.165) is 10.5 Å². The van der Waals surface area contributed by atoms with Crippen LogP contribution in [0.5, 0.6) is 0 Å². The van der Waals surface area contributed by atoms with Crippen molar-refractivity contribution in [1.29, 1.82) is 0 Å². The number of benzene rings is 2. The van der Waals surface area contributed by atoms with E-state index in [0.29, 0.717) is 17.2 Å². The van der Waals surface area contributed by atoms with Gasteiger partial charge in [-0.25, -0.2) is 4.39 Å². The number of Topliss-reactive ketones (excluding diaryl/α,β-unsaturated/α-hetero) is 1. The van der Waals surface area contributed by atoms with E-state index >= 15 is 0 Å². The first-order valence-corrected chi connectivity index (χ1v) is 7.14. The largest absolute Gasteiger partial charge is 0.298 e. The van der Waals surface area contributed by atoms with Gasteiger partial charge < -0.3 is 0 Å². The molecule has 0 bridgehead atoms. The van der Waals surface area contributed by atoms with Crippen molar-refractivity contribution in [2.45, 2.75) is 11.3 Å². The van der Waals surface area contributed by atoms with Gasteiger partial charge in [0.25, 0.3) is 0 Å². The maximum absolute atomic E-state index is 12.7. The summed E-state index contributed by atoms with van der Waals surface area (Å²) in [5, 5.41) is 0.636. The summed E-state index contributed by atoms with van der Waals surface area (Å²) < 4.78 is 12.7. The predicted molar refractivity (Wildman–Crippen MR) is 77.3 cm³/mol. The van der Waals surface area contributed by atoms with E-state index < -0.39 is 0 Å². The molecule has 0 saturated carbocycles. The Kier molecular flexibility index (Phi) is 5.00. The molecule has 0 unspecified atom stereocenters. The second-order valence-electron chi connectivity index (χ2n) is 4.09. The standard InChI is InChI=1S/C15H12ClFOS/c16-12-3-1-2-11(8-12)9-14(18)10-19-15-6-4-13(17)5-7-15/h1-8H,9-10H2. The van der Waals surface area contributed by atoms with Crippen molar-refractivity contribution in [2.24, 2.45) is 0 Å². The first kappa shape index (κ1) is 14.1. The predicted octanol–water partition coefficient (Wildman–Crippen LogP) is 4.38. The molecule has 0 atom stereocenters. The van der Waals surface area contributed by atoms with Crippen LogP contribution in [0.2, 0.25) is 5.02 Å². The second kappa shape index (κ2) is 6.73. The van der Waals surface area contributed by atoms with Crippen molar-refractivity contribution < 1.29 is 9.18 Å². The van der Waals surface area contributed by atoms with E-state index in [1.807, 2.05) is 12.1 Å². The molecule has 0 aliphatic rings. The molecule has 0 radical (unpaired) electrons. The Morgan fingerprint density at radius 3 is 2.58 bits per heavy atom. The molecule has 0 N–H and O–H groups in total. The van der Waals surface area contributed by atoms with Crippen molar-refractivity contribution in [3.63, 3.8) is 0 Å². The van der Waals surface area contributed by atoms with Crippen LogP contribution in [0.1, 0.15) is 5.56 Å². The third-order valence-electron chi connectivity index (χ3n) is 2.50. The Morgan fingerprint density at radius 1 is 1.16 bits per heavy atom. The number of hydrogen-bond acceptors (Lipinski definition) is 2. The Hall–Kier alpha value is -1.32. The lowest BCUT2D eigenvalue weighted by molar-refractivity contribution is -0.116. The molecule has 19 heavy (non-hydrogen) atoms. The topological polar surface area (TPSA) is 17.1 Å². The summed E-state index contributed by atoms with van der Waals surface area (Å²) >= 11 is 7.28. The molecular formula is C15H12ClFOS. The lowest BCUT2D eigenvalue weighted by atomic mass is 10.1. The molecular weight excluding hydrogens is 283 g/mol. The molecule has 2 aromatic carbocycles. The minimum Gasteiger partial charge on any atom is -0.298 e. The smallest absolute Gasteiger partial charge is 0.147 e. The fourth-order valence-corrected chi connectivity index (χ4v) is 2.59. The Labute approximate surface area is 120 Å². The van der Waals surface area contributed by atoms with E-state index in [1.165, 1.54) is 23.9 Å². The molecule has 0 saturated heterocycles. The van der Waals surface area contributed by atoms with Crippen molar-refractivity contribution in [3.8, 4) is 0 Å². The van der Waals surface area contributed by atoms with Gasteiger partial charge in [-0.3, -0.25) is 4.79 Å². The first-order valence-electron chi connectivity index (χ1n) is 5.78. The molecule has 1 nitrogen and oxygen atoms in total. The summed E-state index contributed by atoms with van der Waals surface area (Å²) in [6.45, 7) is 0. The fraction of sp³-hybridized carbons (Fsp3) is 0.133. The van der Waals surface area contributed by atoms with E-state index in [1.54, 1.807) is 24.3 Å². The van der Waals surface area contributed by atoms with Crippen LogP contribution in [0.15, 0.2) is 53.4 Å². The van der Waals surface area contributed by atoms with Crippen LogP contribution in [0.25, 0.3) is 0 Å². The zero-order valence-corrected chi connectivity index (χ0v) is 11.7. The maximum atomic E-state index is 12.7. The molecule has 0 amide bonds. The van der Waals surface area contributed by atoms with Crippen molar-refractivity contribution in [3.05, 3.63) is 64.9 Å². The highest BCUT2D eigenvalue weighted by atomic mass is 35.5. The third kappa shape index (κ3) is 4.69. The number of hydrogen-bond donors (Lipinski definition) is 0. The molecule has 0 aliphatic carbocycles. The molecule has 0 heterocycles. The highest BCUT2D eigenvalue weighted by Gasteiger charge is 2.05. The molecule has 0 spiro atoms. The highest BCUT2D eigenvalue weighted by Crippen LogP contribution is 2.19. The fourth-order valence-electron chi connectivity index (χ4n) is 1.62. The molecule has 2 rings (SSSR count). The average molecular weight is 295 g/mol. The molecule has 0 aromatic heterocycles. The van der Waals surface area contributed by atoms with Gasteiger partial charge in [-0.05, 0) is 42.0 Å². The highest BCUT2D eigenvalue weighted by molar-refractivity contribution is 8.00. The second-order valence-corrected chi connectivity index (χ2v) is 5.57. The van der Waals surface area contributed by atoms with E-state index in [4.69, 9.17) is 11.6 Å². The van der Waals surface area contributed by atoms with Crippen LogP contribution in [0.3, 0.4) is 0 Å². The van der Waals surface area contributed by atoms with E-state index in [-0.39, 0.29) is 11.6 Å². The summed E-state index contributed by atoms with van der Waals surface area (Å²) in [6, 6.07) is 13.4. The summed E-state index contributed by atoms with van der Waals surface area (Å²) in [4.78, 5) is 12.7. The minimum atomic E-state index is -0.269. The Balaban J connectivity index is 1.86. The van der Waals surface area contributed by atoms with Crippen LogP contribution < -0.4 is 0 Å².